The normalized spacial score (nSPS) is 26.9. The van der Waals surface area contributed by atoms with Crippen LogP contribution < -0.4 is 5.32 Å². The van der Waals surface area contributed by atoms with Crippen LogP contribution in [0.2, 0.25) is 0 Å². The van der Waals surface area contributed by atoms with Crippen LogP contribution in [0.25, 0.3) is 0 Å². The van der Waals surface area contributed by atoms with Gasteiger partial charge < -0.3 is 15.5 Å². The van der Waals surface area contributed by atoms with Crippen molar-refractivity contribution in [3.63, 3.8) is 0 Å². The van der Waals surface area contributed by atoms with Gasteiger partial charge in [0.1, 0.15) is 0 Å². The molecule has 3 N–H and O–H groups in total. The molecule has 0 aliphatic heterocycles. The van der Waals surface area contributed by atoms with Crippen LogP contribution in [0.5, 0.6) is 0 Å². The standard InChI is InChI=1S/C14H19F2NO2S/c15-14(16)20-11-4-1-9(2-5-11)8-17-10-3-6-12(18)13(19)7-10/h1-2,4-5,10,12-14,17-19H,3,6-8H2/t10?,12-,13+/m1/s1. The van der Waals surface area contributed by atoms with Crippen molar-refractivity contribution in [3.05, 3.63) is 29.8 Å². The zero-order valence-electron chi connectivity index (χ0n) is 11.0. The summed E-state index contributed by atoms with van der Waals surface area (Å²) in [7, 11) is 0. The maximum Gasteiger partial charge on any atom is 0.288 e. The summed E-state index contributed by atoms with van der Waals surface area (Å²) >= 11 is 0.539. The first kappa shape index (κ1) is 15.7. The maximum atomic E-state index is 12.2. The van der Waals surface area contributed by atoms with E-state index in [-0.39, 0.29) is 6.04 Å². The number of benzene rings is 1. The molecule has 1 unspecified atom stereocenters. The summed E-state index contributed by atoms with van der Waals surface area (Å²) in [5.41, 5.74) is 1.02. The summed E-state index contributed by atoms with van der Waals surface area (Å²) < 4.78 is 24.4. The van der Waals surface area contributed by atoms with Gasteiger partial charge >= 0.3 is 0 Å². The van der Waals surface area contributed by atoms with E-state index >= 15 is 0 Å². The number of aliphatic hydroxyl groups excluding tert-OH is 2. The number of nitrogens with one attached hydrogen (secondary N) is 1. The molecule has 112 valence electrons. The van der Waals surface area contributed by atoms with Crippen LogP contribution in [-0.4, -0.2) is 34.2 Å². The van der Waals surface area contributed by atoms with E-state index in [1.807, 2.05) is 12.1 Å². The Labute approximate surface area is 121 Å². The van der Waals surface area contributed by atoms with E-state index in [0.29, 0.717) is 36.0 Å². The van der Waals surface area contributed by atoms with E-state index in [1.165, 1.54) is 0 Å². The molecule has 0 amide bonds. The van der Waals surface area contributed by atoms with Crippen molar-refractivity contribution in [1.82, 2.24) is 5.32 Å². The summed E-state index contributed by atoms with van der Waals surface area (Å²) in [6, 6.07) is 7.21. The molecule has 0 saturated heterocycles. The van der Waals surface area contributed by atoms with Gasteiger partial charge in [0.2, 0.25) is 0 Å². The van der Waals surface area contributed by atoms with Crippen molar-refractivity contribution in [2.45, 2.75) is 54.7 Å². The Bertz CT molecular complexity index is 416. The molecule has 0 heterocycles. The molecular formula is C14H19F2NO2S. The van der Waals surface area contributed by atoms with Gasteiger partial charge in [0.25, 0.3) is 5.76 Å². The smallest absolute Gasteiger partial charge is 0.288 e. The maximum absolute atomic E-state index is 12.2. The summed E-state index contributed by atoms with van der Waals surface area (Å²) in [6.45, 7) is 0.632. The largest absolute Gasteiger partial charge is 0.390 e. The Morgan fingerprint density at radius 2 is 1.85 bits per heavy atom. The van der Waals surface area contributed by atoms with Gasteiger partial charge in [0, 0.05) is 17.5 Å². The average Bonchev–Trinajstić information content (AvgIpc) is 2.41. The molecule has 3 nitrogen and oxygen atoms in total. The van der Waals surface area contributed by atoms with Crippen molar-refractivity contribution < 1.29 is 19.0 Å². The molecule has 0 radical (unpaired) electrons. The third-order valence-corrected chi connectivity index (χ3v) is 4.25. The first-order valence-corrected chi connectivity index (χ1v) is 7.56. The highest BCUT2D eigenvalue weighted by atomic mass is 32.2. The lowest BCUT2D eigenvalue weighted by atomic mass is 9.90. The highest BCUT2D eigenvalue weighted by molar-refractivity contribution is 7.99. The quantitative estimate of drug-likeness (QED) is 0.731. The minimum absolute atomic E-state index is 0.184. The van der Waals surface area contributed by atoms with E-state index in [4.69, 9.17) is 0 Å². The fraction of sp³-hybridized carbons (Fsp3) is 0.571. The van der Waals surface area contributed by atoms with Crippen LogP contribution in [0, 0.1) is 0 Å². The van der Waals surface area contributed by atoms with Crippen LogP contribution in [0.15, 0.2) is 29.2 Å². The minimum atomic E-state index is -2.39. The molecule has 6 heteroatoms. The highest BCUT2D eigenvalue weighted by Gasteiger charge is 2.26. The molecule has 2 rings (SSSR count). The molecule has 1 aromatic carbocycles. The topological polar surface area (TPSA) is 52.5 Å². The van der Waals surface area contributed by atoms with E-state index in [9.17, 15) is 19.0 Å². The second kappa shape index (κ2) is 7.36. The number of hydrogen-bond donors (Lipinski definition) is 3. The predicted octanol–water partition coefficient (Wildman–Crippen LogP) is 2.37. The van der Waals surface area contributed by atoms with E-state index in [1.54, 1.807) is 12.1 Å². The minimum Gasteiger partial charge on any atom is -0.390 e. The van der Waals surface area contributed by atoms with Gasteiger partial charge in [-0.25, -0.2) is 0 Å². The zero-order valence-corrected chi connectivity index (χ0v) is 11.8. The van der Waals surface area contributed by atoms with Crippen LogP contribution in [0.3, 0.4) is 0 Å². The summed E-state index contributed by atoms with van der Waals surface area (Å²) in [5, 5.41) is 22.4. The SMILES string of the molecule is O[C@@H]1CCC(NCc2ccc(SC(F)F)cc2)C[C@@H]1O. The number of halogens is 2. The molecule has 1 fully saturated rings. The number of rotatable bonds is 5. The molecule has 1 aliphatic carbocycles. The Morgan fingerprint density at radius 3 is 2.45 bits per heavy atom. The number of alkyl halides is 2. The molecule has 3 atom stereocenters. The van der Waals surface area contributed by atoms with Gasteiger partial charge in [-0.3, -0.25) is 0 Å². The molecule has 0 aromatic heterocycles. The van der Waals surface area contributed by atoms with Crippen LogP contribution in [-0.2, 0) is 6.54 Å². The molecule has 0 bridgehead atoms. The van der Waals surface area contributed by atoms with Crippen molar-refractivity contribution in [2.75, 3.05) is 0 Å². The number of aliphatic hydroxyl groups is 2. The molecule has 1 aromatic rings. The van der Waals surface area contributed by atoms with Crippen molar-refractivity contribution in [3.8, 4) is 0 Å². The third-order valence-electron chi connectivity index (χ3n) is 3.52. The van der Waals surface area contributed by atoms with Crippen LogP contribution >= 0.6 is 11.8 Å². The second-order valence-corrected chi connectivity index (χ2v) is 6.11. The van der Waals surface area contributed by atoms with Gasteiger partial charge in [-0.2, -0.15) is 8.78 Å². The van der Waals surface area contributed by atoms with Crippen molar-refractivity contribution >= 4 is 11.8 Å². The Hall–Kier alpha value is -0.690. The van der Waals surface area contributed by atoms with E-state index in [0.717, 1.165) is 12.0 Å². The van der Waals surface area contributed by atoms with Gasteiger partial charge in [-0.1, -0.05) is 23.9 Å². The van der Waals surface area contributed by atoms with Gasteiger partial charge in [-0.15, -0.1) is 0 Å². The molecule has 1 aliphatic rings. The van der Waals surface area contributed by atoms with Crippen LogP contribution in [0.1, 0.15) is 24.8 Å². The number of hydrogen-bond acceptors (Lipinski definition) is 4. The Morgan fingerprint density at radius 1 is 1.15 bits per heavy atom. The molecular weight excluding hydrogens is 284 g/mol. The number of thioether (sulfide) groups is 1. The van der Waals surface area contributed by atoms with Crippen molar-refractivity contribution in [1.29, 1.82) is 0 Å². The molecule has 0 spiro atoms. The molecule has 1 saturated carbocycles. The summed E-state index contributed by atoms with van der Waals surface area (Å²) in [4.78, 5) is 0.556. The summed E-state index contributed by atoms with van der Waals surface area (Å²) in [5.74, 6) is -2.39. The summed E-state index contributed by atoms with van der Waals surface area (Å²) in [6.07, 6.45) is 0.700. The fourth-order valence-corrected chi connectivity index (χ4v) is 2.87. The van der Waals surface area contributed by atoms with Gasteiger partial charge in [-0.05, 0) is 37.0 Å². The lowest BCUT2D eigenvalue weighted by molar-refractivity contribution is -0.0183. The Balaban J connectivity index is 1.79. The lowest BCUT2D eigenvalue weighted by Gasteiger charge is -2.30. The second-order valence-electron chi connectivity index (χ2n) is 5.05. The fourth-order valence-electron chi connectivity index (χ4n) is 2.37. The van der Waals surface area contributed by atoms with E-state index in [2.05, 4.69) is 5.32 Å². The average molecular weight is 303 g/mol. The van der Waals surface area contributed by atoms with E-state index < -0.39 is 18.0 Å². The first-order chi connectivity index (χ1) is 9.54. The lowest BCUT2D eigenvalue weighted by Crippen LogP contribution is -2.42. The molecule has 20 heavy (non-hydrogen) atoms. The zero-order chi connectivity index (χ0) is 14.5. The van der Waals surface area contributed by atoms with Gasteiger partial charge in [0.05, 0.1) is 12.2 Å². The monoisotopic (exact) mass is 303 g/mol. The predicted molar refractivity (Wildman–Crippen MR) is 74.8 cm³/mol. The van der Waals surface area contributed by atoms with Gasteiger partial charge in [0.15, 0.2) is 0 Å². The Kier molecular flexibility index (Phi) is 5.77. The highest BCUT2D eigenvalue weighted by Crippen LogP contribution is 2.25. The first-order valence-electron chi connectivity index (χ1n) is 6.68. The van der Waals surface area contributed by atoms with Crippen LogP contribution in [0.4, 0.5) is 8.78 Å². The third kappa shape index (κ3) is 4.70. The van der Waals surface area contributed by atoms with Crippen molar-refractivity contribution in [2.24, 2.45) is 0 Å².